The molecule has 0 fully saturated rings. The Hall–Kier alpha value is -2.67. The molecule has 0 aliphatic rings. The maximum Gasteiger partial charge on any atom is 0.0708 e. The molecule has 0 N–H and O–H groups in total. The van der Waals surface area contributed by atoms with Crippen molar-refractivity contribution in [2.45, 2.75) is 13.8 Å². The molecule has 1 aromatic heterocycles. The summed E-state index contributed by atoms with van der Waals surface area (Å²) in [6.07, 6.45) is 0. The van der Waals surface area contributed by atoms with Crippen molar-refractivity contribution in [3.05, 3.63) is 78.0 Å². The second-order valence-corrected chi connectivity index (χ2v) is 5.89. The minimum Gasteiger partial charge on any atom is -0.253 e. The van der Waals surface area contributed by atoms with Gasteiger partial charge in [0.15, 0.2) is 0 Å². The fourth-order valence-electron chi connectivity index (χ4n) is 3.16. The van der Waals surface area contributed by atoms with Crippen LogP contribution in [0.2, 0.25) is 0 Å². The molecule has 1 heteroatoms. The molecule has 0 atom stereocenters. The summed E-state index contributed by atoms with van der Waals surface area (Å²) in [4.78, 5) is 4.67. The molecule has 0 radical (unpaired) electrons. The van der Waals surface area contributed by atoms with E-state index in [0.29, 0.717) is 0 Å². The highest BCUT2D eigenvalue weighted by atomic mass is 14.7. The summed E-state index contributed by atoms with van der Waals surface area (Å²) in [6, 6.07) is 23.8. The van der Waals surface area contributed by atoms with Crippen molar-refractivity contribution in [1.29, 1.82) is 0 Å². The number of aromatic nitrogens is 1. The summed E-state index contributed by atoms with van der Waals surface area (Å²) in [6.45, 7) is 4.16. The number of hydrogen-bond donors (Lipinski definition) is 0. The standard InChI is InChI=1S/C21H17N/c1-14-11-15(2)22-21(12-14)18-9-10-20-17(13-18)8-7-16-5-3-4-6-19(16)20/h3-13H,1-2H3. The minimum atomic E-state index is 1.05. The van der Waals surface area contributed by atoms with E-state index in [0.717, 1.165) is 11.4 Å². The van der Waals surface area contributed by atoms with Crippen molar-refractivity contribution in [2.75, 3.05) is 0 Å². The third-order valence-corrected chi connectivity index (χ3v) is 4.14. The maximum atomic E-state index is 4.67. The zero-order valence-corrected chi connectivity index (χ0v) is 12.8. The zero-order chi connectivity index (χ0) is 15.1. The van der Waals surface area contributed by atoms with Gasteiger partial charge in [-0.25, -0.2) is 0 Å². The van der Waals surface area contributed by atoms with Gasteiger partial charge in [-0.15, -0.1) is 0 Å². The molecule has 1 heterocycles. The van der Waals surface area contributed by atoms with E-state index in [1.807, 2.05) is 6.92 Å². The number of benzene rings is 3. The Balaban J connectivity index is 1.96. The van der Waals surface area contributed by atoms with Gasteiger partial charge in [0.2, 0.25) is 0 Å². The second kappa shape index (κ2) is 4.96. The summed E-state index contributed by atoms with van der Waals surface area (Å²) >= 11 is 0. The van der Waals surface area contributed by atoms with Crippen molar-refractivity contribution in [1.82, 2.24) is 4.98 Å². The van der Waals surface area contributed by atoms with Crippen LogP contribution in [0.1, 0.15) is 11.3 Å². The van der Waals surface area contributed by atoms with Gasteiger partial charge in [-0.1, -0.05) is 48.5 Å². The number of pyridine rings is 1. The molecular formula is C21H17N. The van der Waals surface area contributed by atoms with Gasteiger partial charge in [0.25, 0.3) is 0 Å². The van der Waals surface area contributed by atoms with Crippen LogP contribution in [0.4, 0.5) is 0 Å². The summed E-state index contributed by atoms with van der Waals surface area (Å²) < 4.78 is 0. The Kier molecular flexibility index (Phi) is 2.93. The van der Waals surface area contributed by atoms with Gasteiger partial charge in [-0.3, -0.25) is 4.98 Å². The fraction of sp³-hybridized carbons (Fsp3) is 0.0952. The third-order valence-electron chi connectivity index (χ3n) is 4.14. The largest absolute Gasteiger partial charge is 0.253 e. The van der Waals surface area contributed by atoms with Crippen LogP contribution in [0.15, 0.2) is 66.7 Å². The molecular weight excluding hydrogens is 266 g/mol. The first kappa shape index (κ1) is 13.0. The summed E-state index contributed by atoms with van der Waals surface area (Å²) in [7, 11) is 0. The number of aryl methyl sites for hydroxylation is 2. The van der Waals surface area contributed by atoms with E-state index in [-0.39, 0.29) is 0 Å². The van der Waals surface area contributed by atoms with Crippen molar-refractivity contribution >= 4 is 21.5 Å². The Morgan fingerprint density at radius 2 is 1.45 bits per heavy atom. The highest BCUT2D eigenvalue weighted by Crippen LogP contribution is 2.29. The number of rotatable bonds is 1. The molecule has 0 spiro atoms. The lowest BCUT2D eigenvalue weighted by molar-refractivity contribution is 1.18. The van der Waals surface area contributed by atoms with Crippen LogP contribution in [0, 0.1) is 13.8 Å². The van der Waals surface area contributed by atoms with Crippen LogP contribution in [0.3, 0.4) is 0 Å². The van der Waals surface area contributed by atoms with Gasteiger partial charge in [0.1, 0.15) is 0 Å². The SMILES string of the molecule is Cc1cc(C)nc(-c2ccc3c(ccc4ccccc43)c2)c1. The predicted octanol–water partition coefficient (Wildman–Crippen LogP) is 5.67. The number of nitrogens with zero attached hydrogens (tertiary/aromatic N) is 1. The fourth-order valence-corrected chi connectivity index (χ4v) is 3.16. The minimum absolute atomic E-state index is 1.05. The Labute approximate surface area is 130 Å². The first-order valence-corrected chi connectivity index (χ1v) is 7.58. The highest BCUT2D eigenvalue weighted by molar-refractivity contribution is 6.08. The second-order valence-electron chi connectivity index (χ2n) is 5.89. The zero-order valence-electron chi connectivity index (χ0n) is 12.8. The van der Waals surface area contributed by atoms with Crippen LogP contribution in [-0.2, 0) is 0 Å². The Morgan fingerprint density at radius 3 is 2.32 bits per heavy atom. The van der Waals surface area contributed by atoms with Crippen molar-refractivity contribution in [2.24, 2.45) is 0 Å². The highest BCUT2D eigenvalue weighted by Gasteiger charge is 2.05. The molecule has 4 aromatic rings. The molecule has 0 saturated carbocycles. The van der Waals surface area contributed by atoms with Gasteiger partial charge in [-0.2, -0.15) is 0 Å². The Bertz CT molecular complexity index is 979. The van der Waals surface area contributed by atoms with E-state index in [1.165, 1.54) is 32.7 Å². The first-order valence-electron chi connectivity index (χ1n) is 7.58. The van der Waals surface area contributed by atoms with Crippen molar-refractivity contribution in [3.8, 4) is 11.3 Å². The molecule has 22 heavy (non-hydrogen) atoms. The van der Waals surface area contributed by atoms with E-state index in [9.17, 15) is 0 Å². The van der Waals surface area contributed by atoms with Crippen LogP contribution in [0.25, 0.3) is 32.8 Å². The van der Waals surface area contributed by atoms with Crippen molar-refractivity contribution < 1.29 is 0 Å². The van der Waals surface area contributed by atoms with E-state index < -0.39 is 0 Å². The number of hydrogen-bond acceptors (Lipinski definition) is 1. The monoisotopic (exact) mass is 283 g/mol. The molecule has 4 rings (SSSR count). The molecule has 0 aliphatic carbocycles. The molecule has 0 aliphatic heterocycles. The summed E-state index contributed by atoms with van der Waals surface area (Å²) in [5.74, 6) is 0. The molecule has 106 valence electrons. The third kappa shape index (κ3) is 2.15. The van der Waals surface area contributed by atoms with E-state index in [4.69, 9.17) is 0 Å². The lowest BCUT2D eigenvalue weighted by atomic mass is 9.99. The summed E-state index contributed by atoms with van der Waals surface area (Å²) in [5, 5.41) is 5.15. The maximum absolute atomic E-state index is 4.67. The van der Waals surface area contributed by atoms with Crippen molar-refractivity contribution in [3.63, 3.8) is 0 Å². The number of fused-ring (bicyclic) bond motifs is 3. The smallest absolute Gasteiger partial charge is 0.0708 e. The van der Waals surface area contributed by atoms with Gasteiger partial charge in [0, 0.05) is 11.3 Å². The van der Waals surface area contributed by atoms with E-state index in [1.54, 1.807) is 0 Å². The van der Waals surface area contributed by atoms with Gasteiger partial charge < -0.3 is 0 Å². The molecule has 0 unspecified atom stereocenters. The first-order chi connectivity index (χ1) is 10.7. The summed E-state index contributed by atoms with van der Waals surface area (Å²) in [5.41, 5.74) is 4.54. The normalized spacial score (nSPS) is 11.2. The van der Waals surface area contributed by atoms with Crippen LogP contribution >= 0.6 is 0 Å². The van der Waals surface area contributed by atoms with Gasteiger partial charge >= 0.3 is 0 Å². The molecule has 0 amide bonds. The van der Waals surface area contributed by atoms with E-state index in [2.05, 4.69) is 78.6 Å². The van der Waals surface area contributed by atoms with Crippen LogP contribution in [0.5, 0.6) is 0 Å². The molecule has 3 aromatic carbocycles. The topological polar surface area (TPSA) is 12.9 Å². The van der Waals surface area contributed by atoms with Crippen LogP contribution < -0.4 is 0 Å². The Morgan fingerprint density at radius 1 is 0.682 bits per heavy atom. The van der Waals surface area contributed by atoms with Gasteiger partial charge in [-0.05, 0) is 59.2 Å². The molecule has 0 bridgehead atoms. The lowest BCUT2D eigenvalue weighted by Crippen LogP contribution is -1.89. The van der Waals surface area contributed by atoms with Crippen LogP contribution in [-0.4, -0.2) is 4.98 Å². The quantitative estimate of drug-likeness (QED) is 0.410. The lowest BCUT2D eigenvalue weighted by Gasteiger charge is -2.08. The van der Waals surface area contributed by atoms with Gasteiger partial charge in [0.05, 0.1) is 5.69 Å². The molecule has 1 nitrogen and oxygen atoms in total. The predicted molar refractivity (Wildman–Crippen MR) is 94.2 cm³/mol. The van der Waals surface area contributed by atoms with E-state index >= 15 is 0 Å². The average molecular weight is 283 g/mol. The average Bonchev–Trinajstić information content (AvgIpc) is 2.53. The molecule has 0 saturated heterocycles.